The smallest absolute Gasteiger partial charge is 0.234 e. The van der Waals surface area contributed by atoms with Crippen LogP contribution in [0.1, 0.15) is 61.7 Å². The molecule has 0 amide bonds. The molecule has 6 heteroatoms. The highest BCUT2D eigenvalue weighted by Crippen LogP contribution is 2.41. The largest absolute Gasteiger partial charge is 0.319 e. The van der Waals surface area contributed by atoms with E-state index in [1.165, 1.54) is 32.1 Å². The number of fused-ring (bicyclic) bond motifs is 1. The Bertz CT molecular complexity index is 576. The van der Waals surface area contributed by atoms with Gasteiger partial charge in [-0.1, -0.05) is 30.6 Å². The Morgan fingerprint density at radius 2 is 1.94 bits per heavy atom. The van der Waals surface area contributed by atoms with Crippen molar-refractivity contribution in [1.82, 2.24) is 19.8 Å². The molecule has 0 radical (unpaired) electrons. The molecule has 2 aromatic rings. The van der Waals surface area contributed by atoms with Gasteiger partial charge in [0.2, 0.25) is 4.96 Å². The molecule has 2 aliphatic carbocycles. The number of aromatic nitrogens is 4. The molecule has 0 spiro atoms. The molecule has 0 aromatic carbocycles. The van der Waals surface area contributed by atoms with E-state index in [0.717, 1.165) is 28.6 Å². The summed E-state index contributed by atoms with van der Waals surface area (Å²) in [6.45, 7) is 0. The van der Waals surface area contributed by atoms with E-state index in [2.05, 4.69) is 10.2 Å². The van der Waals surface area contributed by atoms with Crippen LogP contribution in [0.5, 0.6) is 0 Å². The molecule has 2 saturated carbocycles. The average molecular weight is 263 g/mol. The van der Waals surface area contributed by atoms with Gasteiger partial charge in [-0.05, 0) is 25.7 Å². The summed E-state index contributed by atoms with van der Waals surface area (Å²) >= 11 is 1.62. The second-order valence-corrected chi connectivity index (χ2v) is 6.61. The third kappa shape index (κ3) is 1.59. The van der Waals surface area contributed by atoms with E-state index in [9.17, 15) is 0 Å². The second kappa shape index (κ2) is 3.74. The molecular weight excluding hydrogens is 246 g/mol. The predicted octanol–water partition coefficient (Wildman–Crippen LogP) is 2.18. The van der Waals surface area contributed by atoms with Crippen molar-refractivity contribution in [3.8, 4) is 0 Å². The number of hydrogen-bond donors (Lipinski definition) is 1. The zero-order valence-corrected chi connectivity index (χ0v) is 11.1. The van der Waals surface area contributed by atoms with Crippen LogP contribution in [-0.2, 0) is 5.54 Å². The lowest BCUT2D eigenvalue weighted by Gasteiger charge is -2.30. The van der Waals surface area contributed by atoms with E-state index in [1.54, 1.807) is 11.3 Å². The molecule has 0 saturated heterocycles. The molecule has 2 aliphatic rings. The highest BCUT2D eigenvalue weighted by Gasteiger charge is 2.35. The van der Waals surface area contributed by atoms with Crippen molar-refractivity contribution in [2.75, 3.05) is 0 Å². The molecule has 0 atom stereocenters. The van der Waals surface area contributed by atoms with Crippen molar-refractivity contribution in [2.24, 2.45) is 5.73 Å². The topological polar surface area (TPSA) is 69.1 Å². The van der Waals surface area contributed by atoms with Gasteiger partial charge in [0, 0.05) is 5.92 Å². The van der Waals surface area contributed by atoms with E-state index in [-0.39, 0.29) is 5.54 Å². The Labute approximate surface area is 109 Å². The van der Waals surface area contributed by atoms with Gasteiger partial charge in [-0.2, -0.15) is 9.61 Å². The van der Waals surface area contributed by atoms with Gasteiger partial charge >= 0.3 is 0 Å². The Morgan fingerprint density at radius 1 is 1.17 bits per heavy atom. The van der Waals surface area contributed by atoms with Crippen molar-refractivity contribution < 1.29 is 0 Å². The van der Waals surface area contributed by atoms with Gasteiger partial charge in [-0.3, -0.25) is 0 Å². The molecule has 96 valence electrons. The van der Waals surface area contributed by atoms with Crippen molar-refractivity contribution in [2.45, 2.75) is 56.4 Å². The SMILES string of the molecule is NC1(c2nn3c(C4CC4)nnc3s2)CCCCC1. The molecule has 0 bridgehead atoms. The van der Waals surface area contributed by atoms with Crippen LogP contribution in [0.25, 0.3) is 4.96 Å². The third-order valence-corrected chi connectivity index (χ3v) is 5.25. The van der Waals surface area contributed by atoms with Crippen LogP contribution < -0.4 is 5.73 Å². The van der Waals surface area contributed by atoms with E-state index < -0.39 is 0 Å². The van der Waals surface area contributed by atoms with Crippen molar-refractivity contribution in [3.05, 3.63) is 10.8 Å². The Balaban J connectivity index is 1.76. The first-order valence-corrected chi connectivity index (χ1v) is 7.59. The lowest BCUT2D eigenvalue weighted by atomic mass is 9.83. The average Bonchev–Trinajstić information content (AvgIpc) is 2.99. The van der Waals surface area contributed by atoms with Crippen LogP contribution in [0.2, 0.25) is 0 Å². The maximum atomic E-state index is 6.53. The quantitative estimate of drug-likeness (QED) is 0.901. The van der Waals surface area contributed by atoms with E-state index >= 15 is 0 Å². The molecule has 2 aromatic heterocycles. The molecular formula is C12H17N5S. The fraction of sp³-hybridized carbons (Fsp3) is 0.750. The van der Waals surface area contributed by atoms with E-state index in [4.69, 9.17) is 10.8 Å². The molecule has 4 rings (SSSR count). The number of nitrogens with zero attached hydrogens (tertiary/aromatic N) is 4. The summed E-state index contributed by atoms with van der Waals surface area (Å²) < 4.78 is 1.93. The maximum Gasteiger partial charge on any atom is 0.234 e. The van der Waals surface area contributed by atoms with E-state index in [1.807, 2.05) is 4.52 Å². The summed E-state index contributed by atoms with van der Waals surface area (Å²) in [5.74, 6) is 1.61. The number of hydrogen-bond acceptors (Lipinski definition) is 5. The lowest BCUT2D eigenvalue weighted by molar-refractivity contribution is 0.299. The van der Waals surface area contributed by atoms with Crippen molar-refractivity contribution >= 4 is 16.3 Å². The van der Waals surface area contributed by atoms with Gasteiger partial charge in [-0.15, -0.1) is 10.2 Å². The first kappa shape index (κ1) is 10.9. The van der Waals surface area contributed by atoms with Gasteiger partial charge < -0.3 is 5.73 Å². The predicted molar refractivity (Wildman–Crippen MR) is 69.6 cm³/mol. The van der Waals surface area contributed by atoms with Gasteiger partial charge in [0.15, 0.2) is 5.82 Å². The number of rotatable bonds is 2. The van der Waals surface area contributed by atoms with Gasteiger partial charge in [0.25, 0.3) is 0 Å². The fourth-order valence-corrected chi connectivity index (χ4v) is 3.83. The monoisotopic (exact) mass is 263 g/mol. The fourth-order valence-electron chi connectivity index (χ4n) is 2.83. The van der Waals surface area contributed by atoms with Crippen LogP contribution >= 0.6 is 11.3 Å². The first-order valence-electron chi connectivity index (χ1n) is 6.78. The highest BCUT2D eigenvalue weighted by atomic mass is 32.1. The Morgan fingerprint density at radius 3 is 2.67 bits per heavy atom. The summed E-state index contributed by atoms with van der Waals surface area (Å²) in [6.07, 6.45) is 8.28. The normalized spacial score (nSPS) is 23.6. The molecule has 2 N–H and O–H groups in total. The molecule has 0 aliphatic heterocycles. The molecule has 2 fully saturated rings. The van der Waals surface area contributed by atoms with Crippen molar-refractivity contribution in [3.63, 3.8) is 0 Å². The second-order valence-electron chi connectivity index (χ2n) is 5.65. The molecule has 0 unspecified atom stereocenters. The Kier molecular flexibility index (Phi) is 2.26. The minimum absolute atomic E-state index is 0.218. The van der Waals surface area contributed by atoms with E-state index in [0.29, 0.717) is 5.92 Å². The summed E-state index contributed by atoms with van der Waals surface area (Å²) in [5, 5.41) is 14.3. The minimum Gasteiger partial charge on any atom is -0.319 e. The van der Waals surface area contributed by atoms with Crippen LogP contribution in [0.4, 0.5) is 0 Å². The van der Waals surface area contributed by atoms with Gasteiger partial charge in [0.1, 0.15) is 5.01 Å². The summed E-state index contributed by atoms with van der Waals surface area (Å²) in [5.41, 5.74) is 6.31. The zero-order valence-electron chi connectivity index (χ0n) is 10.3. The highest BCUT2D eigenvalue weighted by molar-refractivity contribution is 7.16. The maximum absolute atomic E-state index is 6.53. The summed E-state index contributed by atoms with van der Waals surface area (Å²) in [4.78, 5) is 0.905. The minimum atomic E-state index is -0.218. The summed E-state index contributed by atoms with van der Waals surface area (Å²) in [7, 11) is 0. The van der Waals surface area contributed by atoms with Gasteiger partial charge in [-0.25, -0.2) is 0 Å². The first-order chi connectivity index (χ1) is 8.76. The van der Waals surface area contributed by atoms with Crippen LogP contribution in [0.15, 0.2) is 0 Å². The molecule has 2 heterocycles. The van der Waals surface area contributed by atoms with Crippen molar-refractivity contribution in [1.29, 1.82) is 0 Å². The standard InChI is InChI=1S/C12H17N5S/c13-12(6-2-1-3-7-12)10-16-17-9(8-4-5-8)14-15-11(17)18-10/h8H,1-7,13H2. The zero-order chi connectivity index (χ0) is 12.2. The molecule has 18 heavy (non-hydrogen) atoms. The third-order valence-electron chi connectivity index (χ3n) is 4.13. The van der Waals surface area contributed by atoms with Crippen LogP contribution in [-0.4, -0.2) is 19.8 Å². The Hall–Kier alpha value is -1.01. The summed E-state index contributed by atoms with van der Waals surface area (Å²) in [6, 6.07) is 0. The lowest BCUT2D eigenvalue weighted by Crippen LogP contribution is -2.38. The number of nitrogens with two attached hydrogens (primary N) is 1. The van der Waals surface area contributed by atoms with Crippen LogP contribution in [0, 0.1) is 0 Å². The van der Waals surface area contributed by atoms with Gasteiger partial charge in [0.05, 0.1) is 5.54 Å². The van der Waals surface area contributed by atoms with Crippen LogP contribution in [0.3, 0.4) is 0 Å². The molecule has 5 nitrogen and oxygen atoms in total.